The summed E-state index contributed by atoms with van der Waals surface area (Å²) in [5.41, 5.74) is 2.01. The van der Waals surface area contributed by atoms with Crippen LogP contribution in [0.25, 0.3) is 0 Å². The first-order valence-electron chi connectivity index (χ1n) is 5.97. The molecule has 0 aliphatic carbocycles. The summed E-state index contributed by atoms with van der Waals surface area (Å²) in [6, 6.07) is 5.88. The molecule has 92 valence electrons. The maximum Gasteiger partial charge on any atom is 0.241 e. The van der Waals surface area contributed by atoms with Crippen LogP contribution >= 0.6 is 15.9 Å². The van der Waals surface area contributed by atoms with E-state index < -0.39 is 0 Å². The first kappa shape index (κ1) is 12.6. The molecular formula is C13H17BrN2O. The molecule has 1 aromatic rings. The molecule has 1 saturated heterocycles. The van der Waals surface area contributed by atoms with Crippen LogP contribution in [0.3, 0.4) is 0 Å². The lowest BCUT2D eigenvalue weighted by atomic mass is 10.0. The van der Waals surface area contributed by atoms with E-state index in [0.29, 0.717) is 0 Å². The smallest absolute Gasteiger partial charge is 0.241 e. The summed E-state index contributed by atoms with van der Waals surface area (Å²) in [5, 5.41) is 6.20. The van der Waals surface area contributed by atoms with E-state index in [2.05, 4.69) is 26.6 Å². The topological polar surface area (TPSA) is 41.1 Å². The average Bonchev–Trinajstić information content (AvgIpc) is 2.34. The van der Waals surface area contributed by atoms with Gasteiger partial charge >= 0.3 is 0 Å². The molecule has 0 unspecified atom stereocenters. The number of halogens is 1. The minimum atomic E-state index is -0.0445. The average molecular weight is 297 g/mol. The van der Waals surface area contributed by atoms with Gasteiger partial charge in [0.15, 0.2) is 0 Å². The Kier molecular flexibility index (Phi) is 4.18. The summed E-state index contributed by atoms with van der Waals surface area (Å²) in [7, 11) is 0. The largest absolute Gasteiger partial charge is 0.324 e. The number of carbonyl (C=O) groups is 1. The van der Waals surface area contributed by atoms with Gasteiger partial charge in [-0.3, -0.25) is 4.79 Å². The fourth-order valence-electron chi connectivity index (χ4n) is 2.02. The molecule has 2 rings (SSSR count). The van der Waals surface area contributed by atoms with Crippen LogP contribution in [0.1, 0.15) is 24.8 Å². The third-order valence-corrected chi connectivity index (χ3v) is 3.67. The van der Waals surface area contributed by atoms with E-state index in [1.807, 2.05) is 25.1 Å². The molecule has 1 heterocycles. The van der Waals surface area contributed by atoms with Crippen molar-refractivity contribution >= 4 is 27.5 Å². The van der Waals surface area contributed by atoms with Crippen molar-refractivity contribution < 1.29 is 4.79 Å². The Labute approximate surface area is 110 Å². The highest BCUT2D eigenvalue weighted by Crippen LogP contribution is 2.23. The second-order valence-electron chi connectivity index (χ2n) is 4.48. The Bertz CT molecular complexity index is 414. The zero-order chi connectivity index (χ0) is 12.3. The van der Waals surface area contributed by atoms with Crippen molar-refractivity contribution in [2.45, 2.75) is 32.2 Å². The first-order chi connectivity index (χ1) is 8.16. The van der Waals surface area contributed by atoms with Gasteiger partial charge in [-0.1, -0.05) is 12.5 Å². The molecule has 2 N–H and O–H groups in total. The quantitative estimate of drug-likeness (QED) is 0.881. The van der Waals surface area contributed by atoms with Crippen LogP contribution in [0.15, 0.2) is 22.7 Å². The molecule has 1 aromatic carbocycles. The van der Waals surface area contributed by atoms with Gasteiger partial charge in [0.2, 0.25) is 5.91 Å². The van der Waals surface area contributed by atoms with Gasteiger partial charge in [0.1, 0.15) is 0 Å². The Morgan fingerprint density at radius 2 is 2.29 bits per heavy atom. The number of benzene rings is 1. The van der Waals surface area contributed by atoms with Crippen molar-refractivity contribution in [2.24, 2.45) is 0 Å². The van der Waals surface area contributed by atoms with E-state index in [0.717, 1.165) is 36.0 Å². The third kappa shape index (κ3) is 3.30. The zero-order valence-corrected chi connectivity index (χ0v) is 11.5. The fraction of sp³-hybridized carbons (Fsp3) is 0.462. The highest BCUT2D eigenvalue weighted by Gasteiger charge is 2.20. The monoisotopic (exact) mass is 296 g/mol. The molecule has 0 bridgehead atoms. The number of rotatable bonds is 2. The summed E-state index contributed by atoms with van der Waals surface area (Å²) in [6.07, 6.45) is 3.22. The lowest BCUT2D eigenvalue weighted by Crippen LogP contribution is -2.43. The van der Waals surface area contributed by atoms with Gasteiger partial charge in [0.25, 0.3) is 0 Å². The molecule has 0 spiro atoms. The van der Waals surface area contributed by atoms with Crippen molar-refractivity contribution in [3.05, 3.63) is 28.2 Å². The number of aryl methyl sites for hydroxylation is 1. The van der Waals surface area contributed by atoms with Crippen LogP contribution < -0.4 is 10.6 Å². The summed E-state index contributed by atoms with van der Waals surface area (Å²) < 4.78 is 0.932. The van der Waals surface area contributed by atoms with Crippen LogP contribution in [0, 0.1) is 6.92 Å². The lowest BCUT2D eigenvalue weighted by molar-refractivity contribution is -0.118. The summed E-state index contributed by atoms with van der Waals surface area (Å²) in [6.45, 7) is 2.96. The Balaban J connectivity index is 2.02. The maximum atomic E-state index is 12.0. The van der Waals surface area contributed by atoms with E-state index in [-0.39, 0.29) is 11.9 Å². The number of piperidine rings is 1. The molecular weight excluding hydrogens is 280 g/mol. The summed E-state index contributed by atoms with van der Waals surface area (Å²) in [4.78, 5) is 12.0. The molecule has 0 aromatic heterocycles. The van der Waals surface area contributed by atoms with Crippen molar-refractivity contribution in [2.75, 3.05) is 11.9 Å². The molecule has 0 radical (unpaired) electrons. The van der Waals surface area contributed by atoms with Crippen molar-refractivity contribution in [3.63, 3.8) is 0 Å². The maximum absolute atomic E-state index is 12.0. The van der Waals surface area contributed by atoms with Crippen LogP contribution in [0.4, 0.5) is 5.69 Å². The van der Waals surface area contributed by atoms with Gasteiger partial charge < -0.3 is 10.6 Å². The van der Waals surface area contributed by atoms with Crippen molar-refractivity contribution in [1.82, 2.24) is 5.32 Å². The molecule has 1 amide bonds. The summed E-state index contributed by atoms with van der Waals surface area (Å²) in [5.74, 6) is 0.0641. The standard InChI is InChI=1S/C13H17BrN2O/c1-9-5-6-11(10(14)8-9)16-13(17)12-4-2-3-7-15-12/h5-6,8,12,15H,2-4,7H2,1H3,(H,16,17)/t12-/m1/s1. The predicted molar refractivity (Wildman–Crippen MR) is 73.2 cm³/mol. The molecule has 0 saturated carbocycles. The van der Waals surface area contributed by atoms with Gasteiger partial charge in [0, 0.05) is 4.47 Å². The third-order valence-electron chi connectivity index (χ3n) is 3.01. The minimum Gasteiger partial charge on any atom is -0.324 e. The van der Waals surface area contributed by atoms with Crippen molar-refractivity contribution in [1.29, 1.82) is 0 Å². The first-order valence-corrected chi connectivity index (χ1v) is 6.76. The van der Waals surface area contributed by atoms with E-state index in [1.54, 1.807) is 0 Å². The Morgan fingerprint density at radius 3 is 2.94 bits per heavy atom. The van der Waals surface area contributed by atoms with E-state index >= 15 is 0 Å². The molecule has 1 aliphatic heterocycles. The molecule has 4 heteroatoms. The fourth-order valence-corrected chi connectivity index (χ4v) is 2.61. The minimum absolute atomic E-state index is 0.0445. The number of carbonyl (C=O) groups excluding carboxylic acids is 1. The number of hydrogen-bond acceptors (Lipinski definition) is 2. The molecule has 3 nitrogen and oxygen atoms in total. The SMILES string of the molecule is Cc1ccc(NC(=O)[C@H]2CCCCN2)c(Br)c1. The lowest BCUT2D eigenvalue weighted by Gasteiger charge is -2.22. The zero-order valence-electron chi connectivity index (χ0n) is 9.92. The highest BCUT2D eigenvalue weighted by molar-refractivity contribution is 9.10. The van der Waals surface area contributed by atoms with Crippen molar-refractivity contribution in [3.8, 4) is 0 Å². The van der Waals surface area contributed by atoms with Crippen LogP contribution in [0.2, 0.25) is 0 Å². The van der Waals surface area contributed by atoms with Gasteiger partial charge in [-0.2, -0.15) is 0 Å². The van der Waals surface area contributed by atoms with E-state index in [1.165, 1.54) is 5.56 Å². The number of nitrogens with one attached hydrogen (secondary N) is 2. The molecule has 17 heavy (non-hydrogen) atoms. The molecule has 1 atom stereocenters. The van der Waals surface area contributed by atoms with E-state index in [9.17, 15) is 4.79 Å². The predicted octanol–water partition coefficient (Wildman–Crippen LogP) is 2.84. The second kappa shape index (κ2) is 5.65. The van der Waals surface area contributed by atoms with Gasteiger partial charge in [0.05, 0.1) is 11.7 Å². The number of amides is 1. The normalized spacial score (nSPS) is 20.0. The molecule has 1 fully saturated rings. The van der Waals surface area contributed by atoms with Crippen LogP contribution in [0.5, 0.6) is 0 Å². The second-order valence-corrected chi connectivity index (χ2v) is 5.33. The Morgan fingerprint density at radius 1 is 1.47 bits per heavy atom. The van der Waals surface area contributed by atoms with E-state index in [4.69, 9.17) is 0 Å². The van der Waals surface area contributed by atoms with Gasteiger partial charge in [-0.25, -0.2) is 0 Å². The van der Waals surface area contributed by atoms with Gasteiger partial charge in [-0.15, -0.1) is 0 Å². The molecule has 1 aliphatic rings. The number of anilines is 1. The highest BCUT2D eigenvalue weighted by atomic mass is 79.9. The number of hydrogen-bond donors (Lipinski definition) is 2. The Hall–Kier alpha value is -0.870. The van der Waals surface area contributed by atoms with Crippen LogP contribution in [-0.2, 0) is 4.79 Å². The van der Waals surface area contributed by atoms with Gasteiger partial charge in [-0.05, 0) is 59.9 Å². The summed E-state index contributed by atoms with van der Waals surface area (Å²) >= 11 is 3.46. The van der Waals surface area contributed by atoms with Crippen LogP contribution in [-0.4, -0.2) is 18.5 Å².